The van der Waals surface area contributed by atoms with E-state index in [0.717, 1.165) is 16.2 Å². The highest BCUT2D eigenvalue weighted by Crippen LogP contribution is 2.33. The summed E-state index contributed by atoms with van der Waals surface area (Å²) in [7, 11) is 0. The van der Waals surface area contributed by atoms with Crippen LogP contribution in [0.5, 0.6) is 0 Å². The fourth-order valence-corrected chi connectivity index (χ4v) is 3.17. The van der Waals surface area contributed by atoms with E-state index in [0.29, 0.717) is 16.7 Å². The van der Waals surface area contributed by atoms with Gasteiger partial charge in [0.2, 0.25) is 0 Å². The van der Waals surface area contributed by atoms with E-state index in [-0.39, 0.29) is 10.0 Å². The zero-order valence-electron chi connectivity index (χ0n) is 9.32. The van der Waals surface area contributed by atoms with E-state index in [1.807, 2.05) is 0 Å². The van der Waals surface area contributed by atoms with Crippen molar-refractivity contribution in [1.82, 2.24) is 0 Å². The number of rotatable bonds is 4. The van der Waals surface area contributed by atoms with Gasteiger partial charge in [-0.1, -0.05) is 22.9 Å². The van der Waals surface area contributed by atoms with Crippen molar-refractivity contribution in [2.24, 2.45) is 0 Å². The first-order valence-electron chi connectivity index (χ1n) is 5.09. The fraction of sp³-hybridized carbons (Fsp3) is 0.0909. The number of thiophene rings is 1. The second-order valence-corrected chi connectivity index (χ2v) is 6.00. The predicted molar refractivity (Wildman–Crippen MR) is 77.4 cm³/mol. The van der Waals surface area contributed by atoms with Crippen LogP contribution < -0.4 is 5.32 Å². The Morgan fingerprint density at radius 3 is 2.79 bits per heavy atom. The molecule has 0 amide bonds. The van der Waals surface area contributed by atoms with E-state index >= 15 is 0 Å². The number of halogens is 3. The maximum Gasteiger partial charge on any atom is 0.324 e. The van der Waals surface area contributed by atoms with Gasteiger partial charge in [0.05, 0.1) is 15.6 Å². The van der Waals surface area contributed by atoms with E-state index < -0.39 is 10.7 Å². The smallest absolute Gasteiger partial charge is 0.324 e. The maximum absolute atomic E-state index is 13.0. The first-order valence-corrected chi connectivity index (χ1v) is 7.07. The molecule has 1 heterocycles. The molecule has 8 heteroatoms. The minimum absolute atomic E-state index is 0.0843. The van der Waals surface area contributed by atoms with Crippen molar-refractivity contribution in [2.75, 3.05) is 5.32 Å². The van der Waals surface area contributed by atoms with Crippen LogP contribution in [0.25, 0.3) is 0 Å². The van der Waals surface area contributed by atoms with Gasteiger partial charge in [-0.15, -0.1) is 0 Å². The highest BCUT2D eigenvalue weighted by molar-refractivity contribution is 9.10. The van der Waals surface area contributed by atoms with Crippen molar-refractivity contribution in [3.05, 3.63) is 54.6 Å². The Labute approximate surface area is 125 Å². The molecule has 1 aromatic heterocycles. The minimum atomic E-state index is -0.436. The lowest BCUT2D eigenvalue weighted by atomic mass is 10.3. The normalized spacial score (nSPS) is 10.5. The summed E-state index contributed by atoms with van der Waals surface area (Å²) in [5.74, 6) is -0.436. The van der Waals surface area contributed by atoms with Gasteiger partial charge < -0.3 is 5.32 Å². The van der Waals surface area contributed by atoms with Crippen LogP contribution in [0.3, 0.4) is 0 Å². The third-order valence-electron chi connectivity index (χ3n) is 2.27. The maximum atomic E-state index is 13.0. The lowest BCUT2D eigenvalue weighted by molar-refractivity contribution is -0.380. The second kappa shape index (κ2) is 5.85. The number of hydrogen-bond acceptors (Lipinski definition) is 4. The average Bonchev–Trinajstić information content (AvgIpc) is 2.76. The third kappa shape index (κ3) is 3.43. The highest BCUT2D eigenvalue weighted by Gasteiger charge is 2.11. The summed E-state index contributed by atoms with van der Waals surface area (Å²) in [4.78, 5) is 10.9. The van der Waals surface area contributed by atoms with Crippen LogP contribution in [0, 0.1) is 15.9 Å². The van der Waals surface area contributed by atoms with Crippen molar-refractivity contribution < 1.29 is 9.31 Å². The van der Waals surface area contributed by atoms with Gasteiger partial charge in [0, 0.05) is 22.0 Å². The fourth-order valence-electron chi connectivity index (χ4n) is 1.45. The van der Waals surface area contributed by atoms with Crippen LogP contribution in [0.1, 0.15) is 4.88 Å². The Morgan fingerprint density at radius 1 is 1.47 bits per heavy atom. The molecule has 0 spiro atoms. The van der Waals surface area contributed by atoms with Gasteiger partial charge in [-0.2, -0.15) is 0 Å². The van der Waals surface area contributed by atoms with Gasteiger partial charge in [-0.25, -0.2) is 4.39 Å². The number of nitrogens with zero attached hydrogens (tertiary/aromatic N) is 1. The Balaban J connectivity index is 2.12. The molecule has 1 N–H and O–H groups in total. The summed E-state index contributed by atoms with van der Waals surface area (Å²) in [5, 5.41) is 13.9. The van der Waals surface area contributed by atoms with Crippen molar-refractivity contribution in [2.45, 2.75) is 6.54 Å². The van der Waals surface area contributed by atoms with Gasteiger partial charge in [-0.3, -0.25) is 10.1 Å². The van der Waals surface area contributed by atoms with Crippen molar-refractivity contribution in [3.63, 3.8) is 0 Å². The summed E-state index contributed by atoms with van der Waals surface area (Å²) in [6.45, 7) is 0.377. The first kappa shape index (κ1) is 14.2. The summed E-state index contributed by atoms with van der Waals surface area (Å²) in [5.41, 5.74) is 0.555. The van der Waals surface area contributed by atoms with Crippen LogP contribution in [-0.2, 0) is 6.54 Å². The van der Waals surface area contributed by atoms with E-state index in [4.69, 9.17) is 11.6 Å². The average molecular weight is 366 g/mol. The number of hydrogen-bond donors (Lipinski definition) is 1. The molecule has 19 heavy (non-hydrogen) atoms. The second-order valence-electron chi connectivity index (χ2n) is 3.60. The zero-order chi connectivity index (χ0) is 14.0. The molecule has 0 bridgehead atoms. The Bertz CT molecular complexity index is 612. The van der Waals surface area contributed by atoms with Crippen LogP contribution in [0.4, 0.5) is 15.1 Å². The summed E-state index contributed by atoms with van der Waals surface area (Å²) in [6, 6.07) is 5.61. The lowest BCUT2D eigenvalue weighted by Crippen LogP contribution is -1.99. The molecule has 0 radical (unpaired) electrons. The van der Waals surface area contributed by atoms with Crippen molar-refractivity contribution in [1.29, 1.82) is 0 Å². The number of anilines is 1. The molecule has 2 rings (SSSR count). The molecule has 1 aromatic carbocycles. The Hall–Kier alpha value is -1.18. The van der Waals surface area contributed by atoms with E-state index in [9.17, 15) is 14.5 Å². The SMILES string of the molecule is O=[N+]([O-])c1ccc(CNc2c(Cl)cc(F)cc2Br)s1. The van der Waals surface area contributed by atoms with Gasteiger partial charge in [0.25, 0.3) is 0 Å². The standard InChI is InChI=1S/C11H7BrClFN2O2S/c12-8-3-6(14)4-9(13)11(8)15-5-7-1-2-10(19-7)16(17)18/h1-4,15H,5H2. The van der Waals surface area contributed by atoms with Crippen LogP contribution in [0.15, 0.2) is 28.7 Å². The minimum Gasteiger partial charge on any atom is -0.378 e. The molecule has 0 unspecified atom stereocenters. The molecule has 0 saturated carbocycles. The molecule has 4 nitrogen and oxygen atoms in total. The van der Waals surface area contributed by atoms with Gasteiger partial charge in [0.15, 0.2) is 0 Å². The molecule has 0 saturated heterocycles. The van der Waals surface area contributed by atoms with E-state index in [2.05, 4.69) is 21.2 Å². The monoisotopic (exact) mass is 364 g/mol. The highest BCUT2D eigenvalue weighted by atomic mass is 79.9. The van der Waals surface area contributed by atoms with Gasteiger partial charge in [0.1, 0.15) is 5.82 Å². The summed E-state index contributed by atoms with van der Waals surface area (Å²) in [6.07, 6.45) is 0. The summed E-state index contributed by atoms with van der Waals surface area (Å²) >= 11 is 10.2. The third-order valence-corrected chi connectivity index (χ3v) is 4.23. The van der Waals surface area contributed by atoms with Crippen LogP contribution >= 0.6 is 38.9 Å². The molecule has 0 aliphatic carbocycles. The quantitative estimate of drug-likeness (QED) is 0.624. The summed E-state index contributed by atoms with van der Waals surface area (Å²) < 4.78 is 13.6. The van der Waals surface area contributed by atoms with Crippen LogP contribution in [0.2, 0.25) is 5.02 Å². The topological polar surface area (TPSA) is 55.2 Å². The molecule has 2 aromatic rings. The largest absolute Gasteiger partial charge is 0.378 e. The van der Waals surface area contributed by atoms with E-state index in [1.165, 1.54) is 18.2 Å². The predicted octanol–water partition coefficient (Wildman–Crippen LogP) is 4.82. The molecular weight excluding hydrogens is 359 g/mol. The molecule has 0 aliphatic heterocycles. The van der Waals surface area contributed by atoms with Crippen LogP contribution in [-0.4, -0.2) is 4.92 Å². The number of nitrogens with one attached hydrogen (secondary N) is 1. The number of nitro groups is 1. The lowest BCUT2D eigenvalue weighted by Gasteiger charge is -2.09. The Morgan fingerprint density at radius 2 is 2.21 bits per heavy atom. The van der Waals surface area contributed by atoms with Gasteiger partial charge >= 0.3 is 5.00 Å². The molecule has 100 valence electrons. The first-order chi connectivity index (χ1) is 8.97. The Kier molecular flexibility index (Phi) is 4.38. The molecule has 0 fully saturated rings. The van der Waals surface area contributed by atoms with E-state index in [1.54, 1.807) is 6.07 Å². The molecular formula is C11H7BrClFN2O2S. The van der Waals surface area contributed by atoms with Gasteiger partial charge in [-0.05, 0) is 34.1 Å². The van der Waals surface area contributed by atoms with Crippen molar-refractivity contribution >= 4 is 49.6 Å². The van der Waals surface area contributed by atoms with Crippen molar-refractivity contribution in [3.8, 4) is 0 Å². The number of benzene rings is 1. The molecule has 0 atom stereocenters. The zero-order valence-corrected chi connectivity index (χ0v) is 12.5. The molecule has 0 aliphatic rings.